The number of alkyl carbamates (subject to hydrolysis) is 2. The van der Waals surface area contributed by atoms with Crippen molar-refractivity contribution >= 4 is 18.1 Å². The Labute approximate surface area is 159 Å². The molecule has 0 unspecified atom stereocenters. The first-order valence-electron chi connectivity index (χ1n) is 8.90. The Bertz CT molecular complexity index is 694. The molecule has 0 fully saturated rings. The van der Waals surface area contributed by atoms with E-state index in [1.54, 1.807) is 20.8 Å². The summed E-state index contributed by atoms with van der Waals surface area (Å²) in [7, 11) is 0. The number of amides is 3. The van der Waals surface area contributed by atoms with E-state index in [-0.39, 0.29) is 6.61 Å². The summed E-state index contributed by atoms with van der Waals surface area (Å²) in [5.41, 5.74) is 0.172. The van der Waals surface area contributed by atoms with E-state index < -0.39 is 35.7 Å². The predicted octanol–water partition coefficient (Wildman–Crippen LogP) is 3.30. The highest BCUT2D eigenvalue weighted by molar-refractivity contribution is 5.94. The number of allylic oxidation sites excluding steroid dienone is 1. The smallest absolute Gasteiger partial charge is 0.414 e. The molecule has 1 aliphatic carbocycles. The van der Waals surface area contributed by atoms with Crippen LogP contribution in [0.3, 0.4) is 0 Å². The maximum Gasteiger partial charge on any atom is 0.414 e. The van der Waals surface area contributed by atoms with Gasteiger partial charge in [-0.25, -0.2) is 9.59 Å². The molecular weight excluding hydrogens is 348 g/mol. The summed E-state index contributed by atoms with van der Waals surface area (Å²) in [6.45, 7) is 5.29. The zero-order chi connectivity index (χ0) is 19.9. The van der Waals surface area contributed by atoms with Gasteiger partial charge < -0.3 is 14.8 Å². The van der Waals surface area contributed by atoms with Gasteiger partial charge >= 0.3 is 12.2 Å². The average Bonchev–Trinajstić information content (AvgIpc) is 2.59. The maximum absolute atomic E-state index is 12.4. The number of imide groups is 1. The van der Waals surface area contributed by atoms with Gasteiger partial charge in [0.15, 0.2) is 0 Å². The molecular formula is C20H26N2O5. The molecule has 0 aliphatic heterocycles. The third kappa shape index (κ3) is 7.13. The van der Waals surface area contributed by atoms with Crippen molar-refractivity contribution in [1.29, 1.82) is 0 Å². The second-order valence-corrected chi connectivity index (χ2v) is 7.35. The lowest BCUT2D eigenvalue weighted by atomic mass is 9.88. The van der Waals surface area contributed by atoms with E-state index in [4.69, 9.17) is 9.47 Å². The molecule has 2 N–H and O–H groups in total. The van der Waals surface area contributed by atoms with Crippen LogP contribution >= 0.6 is 0 Å². The molecule has 0 heterocycles. The lowest BCUT2D eigenvalue weighted by molar-refractivity contribution is -0.125. The van der Waals surface area contributed by atoms with Gasteiger partial charge in [0.1, 0.15) is 12.2 Å². The average molecular weight is 374 g/mol. The van der Waals surface area contributed by atoms with Crippen molar-refractivity contribution in [2.45, 2.75) is 51.9 Å². The van der Waals surface area contributed by atoms with Crippen LogP contribution < -0.4 is 10.6 Å². The van der Waals surface area contributed by atoms with Crippen LogP contribution in [0, 0.1) is 5.92 Å². The fourth-order valence-electron chi connectivity index (χ4n) is 2.68. The van der Waals surface area contributed by atoms with E-state index in [0.29, 0.717) is 12.8 Å². The number of hydrogen-bond donors (Lipinski definition) is 2. The predicted molar refractivity (Wildman–Crippen MR) is 99.8 cm³/mol. The molecule has 7 nitrogen and oxygen atoms in total. The van der Waals surface area contributed by atoms with Gasteiger partial charge in [0, 0.05) is 6.04 Å². The van der Waals surface area contributed by atoms with Gasteiger partial charge in [0.05, 0.1) is 5.92 Å². The van der Waals surface area contributed by atoms with Crippen molar-refractivity contribution in [2.24, 2.45) is 5.92 Å². The van der Waals surface area contributed by atoms with E-state index in [1.165, 1.54) is 0 Å². The zero-order valence-corrected chi connectivity index (χ0v) is 15.9. The number of rotatable bonds is 4. The van der Waals surface area contributed by atoms with Crippen molar-refractivity contribution in [1.82, 2.24) is 10.6 Å². The Balaban J connectivity index is 1.88. The number of ether oxygens (including phenoxy) is 2. The summed E-state index contributed by atoms with van der Waals surface area (Å²) >= 11 is 0. The lowest BCUT2D eigenvalue weighted by Gasteiger charge is -2.28. The molecule has 0 saturated carbocycles. The normalized spacial score (nSPS) is 19.1. The second kappa shape index (κ2) is 9.21. The molecule has 0 bridgehead atoms. The van der Waals surface area contributed by atoms with Gasteiger partial charge in [0.25, 0.3) is 0 Å². The molecule has 0 saturated heterocycles. The molecule has 1 aromatic rings. The van der Waals surface area contributed by atoms with Gasteiger partial charge in [-0.15, -0.1) is 0 Å². The standard InChI is InChI=1S/C20H26N2O5/c1-20(2,3)27-19(25)22-17(23)15-11-7-8-12-16(15)21-18(24)26-13-14-9-5-4-6-10-14/h4-10,15-16H,11-13H2,1-3H3,(H,21,24)(H,22,23,25)/t15-,16-/m1/s1. The Kier molecular flexibility index (Phi) is 6.98. The molecule has 3 amide bonds. The fourth-order valence-corrected chi connectivity index (χ4v) is 2.68. The number of benzene rings is 1. The van der Waals surface area contributed by atoms with Crippen LogP contribution in [0.5, 0.6) is 0 Å². The van der Waals surface area contributed by atoms with Crippen molar-refractivity contribution in [3.05, 3.63) is 48.0 Å². The maximum atomic E-state index is 12.4. The van der Waals surface area contributed by atoms with E-state index in [2.05, 4.69) is 10.6 Å². The van der Waals surface area contributed by atoms with Crippen LogP contribution in [-0.2, 0) is 20.9 Å². The third-order valence-corrected chi connectivity index (χ3v) is 3.91. The van der Waals surface area contributed by atoms with Crippen LogP contribution in [0.2, 0.25) is 0 Å². The second-order valence-electron chi connectivity index (χ2n) is 7.35. The molecule has 1 aromatic carbocycles. The summed E-state index contributed by atoms with van der Waals surface area (Å²) in [5, 5.41) is 4.96. The van der Waals surface area contributed by atoms with E-state index in [1.807, 2.05) is 42.5 Å². The van der Waals surface area contributed by atoms with Crippen molar-refractivity contribution in [3.63, 3.8) is 0 Å². The van der Waals surface area contributed by atoms with Gasteiger partial charge in [-0.3, -0.25) is 10.1 Å². The first-order valence-corrected chi connectivity index (χ1v) is 8.90. The molecule has 27 heavy (non-hydrogen) atoms. The molecule has 7 heteroatoms. The molecule has 2 rings (SSSR count). The van der Waals surface area contributed by atoms with Crippen molar-refractivity contribution in [3.8, 4) is 0 Å². The van der Waals surface area contributed by atoms with Gasteiger partial charge in [0.2, 0.25) is 5.91 Å². The van der Waals surface area contributed by atoms with Gasteiger partial charge in [-0.05, 0) is 39.2 Å². The van der Waals surface area contributed by atoms with Gasteiger partial charge in [-0.1, -0.05) is 42.5 Å². The summed E-state index contributed by atoms with van der Waals surface area (Å²) in [5.74, 6) is -1.06. The molecule has 146 valence electrons. The monoisotopic (exact) mass is 374 g/mol. The summed E-state index contributed by atoms with van der Waals surface area (Å²) in [6, 6.07) is 8.85. The first-order chi connectivity index (χ1) is 12.7. The SMILES string of the molecule is CC(C)(C)OC(=O)NC(=O)[C@@H]1CC=CC[C@H]1NC(=O)OCc1ccccc1. The Hall–Kier alpha value is -2.83. The van der Waals surface area contributed by atoms with E-state index in [0.717, 1.165) is 5.56 Å². The minimum absolute atomic E-state index is 0.143. The lowest BCUT2D eigenvalue weighted by Crippen LogP contribution is -2.49. The molecule has 0 radical (unpaired) electrons. The van der Waals surface area contributed by atoms with Crippen molar-refractivity contribution in [2.75, 3.05) is 0 Å². The van der Waals surface area contributed by atoms with Crippen molar-refractivity contribution < 1.29 is 23.9 Å². The summed E-state index contributed by atoms with van der Waals surface area (Å²) in [6.07, 6.45) is 3.24. The zero-order valence-electron chi connectivity index (χ0n) is 15.9. The van der Waals surface area contributed by atoms with Crippen LogP contribution in [-0.4, -0.2) is 29.7 Å². The number of carbonyl (C=O) groups is 3. The van der Waals surface area contributed by atoms with Crippen LogP contribution in [0.15, 0.2) is 42.5 Å². The van der Waals surface area contributed by atoms with Crippen LogP contribution in [0.4, 0.5) is 9.59 Å². The number of carbonyl (C=O) groups excluding carboxylic acids is 3. The number of hydrogen-bond acceptors (Lipinski definition) is 5. The Morgan fingerprint density at radius 2 is 1.70 bits per heavy atom. The molecule has 1 aliphatic rings. The quantitative estimate of drug-likeness (QED) is 0.789. The number of nitrogens with one attached hydrogen (secondary N) is 2. The van der Waals surface area contributed by atoms with Crippen LogP contribution in [0.1, 0.15) is 39.2 Å². The highest BCUT2D eigenvalue weighted by atomic mass is 16.6. The van der Waals surface area contributed by atoms with E-state index in [9.17, 15) is 14.4 Å². The fraction of sp³-hybridized carbons (Fsp3) is 0.450. The van der Waals surface area contributed by atoms with Crippen LogP contribution in [0.25, 0.3) is 0 Å². The topological polar surface area (TPSA) is 93.7 Å². The Morgan fingerprint density at radius 3 is 2.37 bits per heavy atom. The molecule has 0 spiro atoms. The summed E-state index contributed by atoms with van der Waals surface area (Å²) < 4.78 is 10.3. The van der Waals surface area contributed by atoms with E-state index >= 15 is 0 Å². The first kappa shape index (κ1) is 20.5. The largest absolute Gasteiger partial charge is 0.445 e. The third-order valence-electron chi connectivity index (χ3n) is 3.91. The highest BCUT2D eigenvalue weighted by Gasteiger charge is 2.32. The highest BCUT2D eigenvalue weighted by Crippen LogP contribution is 2.20. The Morgan fingerprint density at radius 1 is 1.04 bits per heavy atom. The van der Waals surface area contributed by atoms with Gasteiger partial charge in [-0.2, -0.15) is 0 Å². The minimum Gasteiger partial charge on any atom is -0.445 e. The molecule has 2 atom stereocenters. The minimum atomic E-state index is -0.799. The molecule has 0 aromatic heterocycles. The summed E-state index contributed by atoms with van der Waals surface area (Å²) in [4.78, 5) is 36.3.